The van der Waals surface area contributed by atoms with Gasteiger partial charge in [0.25, 0.3) is 0 Å². The average Bonchev–Trinajstić information content (AvgIpc) is 2.46. The van der Waals surface area contributed by atoms with E-state index in [1.54, 1.807) is 0 Å². The van der Waals surface area contributed by atoms with Gasteiger partial charge in [0.1, 0.15) is 0 Å². The van der Waals surface area contributed by atoms with Crippen molar-refractivity contribution < 1.29 is 19.7 Å². The standard InChI is InChI=1S/C16H22BrNO4/c1-3-22-14-8-11(7-13(17)15(14)19)9-18-6-4-5-12(10(18)2)16(20)21/h7-8,10,12,19H,3-6,9H2,1-2H3,(H,20,21)/t10-,12-/m0/s1. The SMILES string of the molecule is CCOc1cc(CN2CCC[C@H](C(=O)O)[C@@H]2C)cc(Br)c1O. The number of aromatic hydroxyl groups is 1. The number of carboxylic acid groups (broad SMARTS) is 1. The van der Waals surface area contributed by atoms with E-state index in [9.17, 15) is 15.0 Å². The smallest absolute Gasteiger partial charge is 0.308 e. The highest BCUT2D eigenvalue weighted by Gasteiger charge is 2.32. The van der Waals surface area contributed by atoms with E-state index < -0.39 is 5.97 Å². The molecule has 0 aliphatic carbocycles. The first-order valence-corrected chi connectivity index (χ1v) is 8.34. The number of phenolic OH excluding ortho intramolecular Hbond substituents is 1. The molecule has 1 aliphatic rings. The second-order valence-corrected chi connectivity index (χ2v) is 6.51. The van der Waals surface area contributed by atoms with Gasteiger partial charge in [-0.2, -0.15) is 0 Å². The number of hydrogen-bond donors (Lipinski definition) is 2. The van der Waals surface area contributed by atoms with Crippen molar-refractivity contribution in [1.82, 2.24) is 4.90 Å². The first-order valence-electron chi connectivity index (χ1n) is 7.55. The molecule has 0 amide bonds. The lowest BCUT2D eigenvalue weighted by atomic mass is 9.90. The fourth-order valence-electron chi connectivity index (χ4n) is 2.99. The zero-order chi connectivity index (χ0) is 16.3. The van der Waals surface area contributed by atoms with Gasteiger partial charge in [-0.05, 0) is 66.9 Å². The molecule has 0 unspecified atom stereocenters. The molecule has 5 nitrogen and oxygen atoms in total. The number of piperidine rings is 1. The molecule has 0 spiro atoms. The first-order chi connectivity index (χ1) is 10.4. The molecule has 1 aromatic rings. The quantitative estimate of drug-likeness (QED) is 0.831. The third kappa shape index (κ3) is 3.73. The maximum absolute atomic E-state index is 11.3. The molecule has 1 fully saturated rings. The molecule has 1 aliphatic heterocycles. The van der Waals surface area contributed by atoms with Gasteiger partial charge in [-0.3, -0.25) is 9.69 Å². The molecule has 1 aromatic carbocycles. The minimum absolute atomic E-state index is 0.00521. The molecular formula is C16H22BrNO4. The zero-order valence-corrected chi connectivity index (χ0v) is 14.5. The Labute approximate surface area is 139 Å². The molecule has 0 aromatic heterocycles. The summed E-state index contributed by atoms with van der Waals surface area (Å²) in [7, 11) is 0. The summed E-state index contributed by atoms with van der Waals surface area (Å²) in [5.74, 6) is -0.494. The number of aliphatic carboxylic acids is 1. The van der Waals surface area contributed by atoms with Crippen LogP contribution in [0.5, 0.6) is 11.5 Å². The summed E-state index contributed by atoms with van der Waals surface area (Å²) in [6.45, 7) is 5.84. The summed E-state index contributed by atoms with van der Waals surface area (Å²) in [5.41, 5.74) is 0.992. The minimum Gasteiger partial charge on any atom is -0.503 e. The third-order valence-electron chi connectivity index (χ3n) is 4.21. The van der Waals surface area contributed by atoms with Crippen LogP contribution >= 0.6 is 15.9 Å². The summed E-state index contributed by atoms with van der Waals surface area (Å²) in [5, 5.41) is 19.3. The Hall–Kier alpha value is -1.27. The Balaban J connectivity index is 2.17. The van der Waals surface area contributed by atoms with Crippen LogP contribution in [-0.4, -0.2) is 40.3 Å². The van der Waals surface area contributed by atoms with Crippen LogP contribution in [0.25, 0.3) is 0 Å². The predicted molar refractivity (Wildman–Crippen MR) is 87.2 cm³/mol. The number of carbonyl (C=O) groups is 1. The van der Waals surface area contributed by atoms with Crippen molar-refractivity contribution in [2.75, 3.05) is 13.2 Å². The van der Waals surface area contributed by atoms with E-state index in [-0.39, 0.29) is 17.7 Å². The van der Waals surface area contributed by atoms with Gasteiger partial charge in [0.2, 0.25) is 0 Å². The lowest BCUT2D eigenvalue weighted by Gasteiger charge is -2.37. The van der Waals surface area contributed by atoms with Gasteiger partial charge < -0.3 is 14.9 Å². The molecule has 0 bridgehead atoms. The summed E-state index contributed by atoms with van der Waals surface area (Å²) in [6, 6.07) is 3.67. The van der Waals surface area contributed by atoms with Crippen LogP contribution in [0.4, 0.5) is 0 Å². The summed E-state index contributed by atoms with van der Waals surface area (Å²) in [6.07, 6.45) is 1.62. The van der Waals surface area contributed by atoms with Crippen LogP contribution in [0, 0.1) is 5.92 Å². The van der Waals surface area contributed by atoms with Crippen LogP contribution in [0.15, 0.2) is 16.6 Å². The number of phenols is 1. The van der Waals surface area contributed by atoms with Crippen LogP contribution in [0.3, 0.4) is 0 Å². The van der Waals surface area contributed by atoms with E-state index in [1.165, 1.54) is 0 Å². The van der Waals surface area contributed by atoms with Crippen molar-refractivity contribution in [3.8, 4) is 11.5 Å². The predicted octanol–water partition coefficient (Wildman–Crippen LogP) is 3.24. The van der Waals surface area contributed by atoms with Crippen LogP contribution < -0.4 is 4.74 Å². The maximum Gasteiger partial charge on any atom is 0.308 e. The van der Waals surface area contributed by atoms with Crippen LogP contribution in [0.2, 0.25) is 0 Å². The highest BCUT2D eigenvalue weighted by atomic mass is 79.9. The number of benzene rings is 1. The molecule has 2 rings (SSSR count). The highest BCUT2D eigenvalue weighted by molar-refractivity contribution is 9.10. The summed E-state index contributed by atoms with van der Waals surface area (Å²) >= 11 is 3.34. The third-order valence-corrected chi connectivity index (χ3v) is 4.81. The largest absolute Gasteiger partial charge is 0.503 e. The van der Waals surface area contributed by atoms with Crippen LogP contribution in [-0.2, 0) is 11.3 Å². The van der Waals surface area contributed by atoms with Crippen LogP contribution in [0.1, 0.15) is 32.3 Å². The van der Waals surface area contributed by atoms with E-state index in [2.05, 4.69) is 20.8 Å². The lowest BCUT2D eigenvalue weighted by Crippen LogP contribution is -2.45. The van der Waals surface area contributed by atoms with Gasteiger partial charge in [-0.15, -0.1) is 0 Å². The number of likely N-dealkylation sites (tertiary alicyclic amines) is 1. The molecule has 122 valence electrons. The Kier molecular flexibility index (Phi) is 5.69. The molecular weight excluding hydrogens is 350 g/mol. The van der Waals surface area contributed by atoms with Gasteiger partial charge in [-0.1, -0.05) is 0 Å². The van der Waals surface area contributed by atoms with E-state index >= 15 is 0 Å². The minimum atomic E-state index is -0.723. The Morgan fingerprint density at radius 3 is 2.86 bits per heavy atom. The van der Waals surface area contributed by atoms with Crippen molar-refractivity contribution in [3.05, 3.63) is 22.2 Å². The molecule has 1 saturated heterocycles. The number of rotatable bonds is 5. The number of halogens is 1. The van der Waals surface area contributed by atoms with E-state index in [0.29, 0.717) is 23.4 Å². The van der Waals surface area contributed by atoms with Crippen molar-refractivity contribution in [2.45, 2.75) is 39.3 Å². The van der Waals surface area contributed by atoms with Crippen molar-refractivity contribution in [3.63, 3.8) is 0 Å². The zero-order valence-electron chi connectivity index (χ0n) is 12.9. The molecule has 2 N–H and O–H groups in total. The van der Waals surface area contributed by atoms with E-state index in [4.69, 9.17) is 4.74 Å². The monoisotopic (exact) mass is 371 g/mol. The number of nitrogens with zero attached hydrogens (tertiary/aromatic N) is 1. The average molecular weight is 372 g/mol. The molecule has 6 heteroatoms. The van der Waals surface area contributed by atoms with Crippen molar-refractivity contribution in [2.24, 2.45) is 5.92 Å². The Bertz CT molecular complexity index is 549. The first kappa shape index (κ1) is 17.1. The number of ether oxygens (including phenoxy) is 1. The van der Waals surface area contributed by atoms with Crippen molar-refractivity contribution >= 4 is 21.9 Å². The molecule has 0 saturated carbocycles. The van der Waals surface area contributed by atoms with Gasteiger partial charge in [0.15, 0.2) is 11.5 Å². The molecule has 2 atom stereocenters. The molecule has 22 heavy (non-hydrogen) atoms. The van der Waals surface area contributed by atoms with Gasteiger partial charge >= 0.3 is 5.97 Å². The van der Waals surface area contributed by atoms with Gasteiger partial charge in [0.05, 0.1) is 17.0 Å². The normalized spacial score (nSPS) is 22.5. The fraction of sp³-hybridized carbons (Fsp3) is 0.562. The van der Waals surface area contributed by atoms with Gasteiger partial charge in [0, 0.05) is 12.6 Å². The molecule has 0 radical (unpaired) electrons. The summed E-state index contributed by atoms with van der Waals surface area (Å²) < 4.78 is 6.03. The fourth-order valence-corrected chi connectivity index (χ4v) is 3.47. The summed E-state index contributed by atoms with van der Waals surface area (Å²) in [4.78, 5) is 13.5. The Morgan fingerprint density at radius 1 is 1.50 bits per heavy atom. The highest BCUT2D eigenvalue weighted by Crippen LogP contribution is 2.36. The second-order valence-electron chi connectivity index (χ2n) is 5.66. The Morgan fingerprint density at radius 2 is 2.23 bits per heavy atom. The maximum atomic E-state index is 11.3. The van der Waals surface area contributed by atoms with Gasteiger partial charge in [-0.25, -0.2) is 0 Å². The lowest BCUT2D eigenvalue weighted by molar-refractivity contribution is -0.145. The van der Waals surface area contributed by atoms with E-state index in [0.717, 1.165) is 24.9 Å². The number of carboxylic acids is 1. The van der Waals surface area contributed by atoms with E-state index in [1.807, 2.05) is 26.0 Å². The van der Waals surface area contributed by atoms with Crippen molar-refractivity contribution in [1.29, 1.82) is 0 Å². The number of hydrogen-bond acceptors (Lipinski definition) is 4. The topological polar surface area (TPSA) is 70.0 Å². The molecule has 1 heterocycles. The second kappa shape index (κ2) is 7.33.